The second-order valence-corrected chi connectivity index (χ2v) is 5.98. The van der Waals surface area contributed by atoms with Gasteiger partial charge in [0.25, 0.3) is 5.91 Å². The maximum Gasteiger partial charge on any atom is 0.251 e. The Kier molecular flexibility index (Phi) is 4.81. The molecule has 1 aromatic carbocycles. The molecular formula is C15H20BrNO. The predicted octanol–water partition coefficient (Wildman–Crippen LogP) is 4.21. The van der Waals surface area contributed by atoms with Gasteiger partial charge in [-0.25, -0.2) is 0 Å². The van der Waals surface area contributed by atoms with Crippen LogP contribution in [0.3, 0.4) is 0 Å². The Bertz CT molecular complexity index is 423. The van der Waals surface area contributed by atoms with Crippen molar-refractivity contribution in [2.75, 3.05) is 0 Å². The predicted molar refractivity (Wildman–Crippen MR) is 77.8 cm³/mol. The maximum absolute atomic E-state index is 12.2. The summed E-state index contributed by atoms with van der Waals surface area (Å²) in [6.07, 6.45) is 7.34. The minimum atomic E-state index is 0.0580. The van der Waals surface area contributed by atoms with Crippen molar-refractivity contribution >= 4 is 21.8 Å². The van der Waals surface area contributed by atoms with Gasteiger partial charge in [-0.3, -0.25) is 4.79 Å². The van der Waals surface area contributed by atoms with E-state index in [1.807, 2.05) is 25.1 Å². The summed E-state index contributed by atoms with van der Waals surface area (Å²) in [6, 6.07) is 6.14. The standard InChI is InChI=1S/C15H20BrNO/c1-11-8-9-12(10-14(11)16)15(18)17-13-6-4-2-3-5-7-13/h8-10,13H,2-7H2,1H3,(H,17,18). The molecule has 1 N–H and O–H groups in total. The maximum atomic E-state index is 12.2. The zero-order valence-electron chi connectivity index (χ0n) is 10.8. The van der Waals surface area contributed by atoms with E-state index in [1.165, 1.54) is 25.7 Å². The first-order chi connectivity index (χ1) is 8.66. The van der Waals surface area contributed by atoms with Crippen molar-refractivity contribution in [3.05, 3.63) is 33.8 Å². The fourth-order valence-corrected chi connectivity index (χ4v) is 2.81. The van der Waals surface area contributed by atoms with Crippen LogP contribution in [0.5, 0.6) is 0 Å². The Balaban J connectivity index is 1.99. The Labute approximate surface area is 117 Å². The molecule has 1 amide bonds. The lowest BCUT2D eigenvalue weighted by atomic mass is 10.1. The molecular weight excluding hydrogens is 290 g/mol. The Morgan fingerprint density at radius 2 is 1.89 bits per heavy atom. The van der Waals surface area contributed by atoms with Crippen molar-refractivity contribution in [2.24, 2.45) is 0 Å². The number of halogens is 1. The number of benzene rings is 1. The van der Waals surface area contributed by atoms with Crippen LogP contribution in [0.4, 0.5) is 0 Å². The molecule has 0 unspecified atom stereocenters. The molecule has 1 saturated carbocycles. The molecule has 0 saturated heterocycles. The SMILES string of the molecule is Cc1ccc(C(=O)NC2CCCCCC2)cc1Br. The Morgan fingerprint density at radius 1 is 1.22 bits per heavy atom. The molecule has 0 atom stereocenters. The molecule has 0 spiro atoms. The summed E-state index contributed by atoms with van der Waals surface area (Å²) in [4.78, 5) is 12.2. The van der Waals surface area contributed by atoms with Crippen LogP contribution in [-0.4, -0.2) is 11.9 Å². The van der Waals surface area contributed by atoms with Gasteiger partial charge in [0, 0.05) is 16.1 Å². The average molecular weight is 310 g/mol. The molecule has 0 aromatic heterocycles. The fraction of sp³-hybridized carbons (Fsp3) is 0.533. The minimum Gasteiger partial charge on any atom is -0.349 e. The summed E-state index contributed by atoms with van der Waals surface area (Å²) in [6.45, 7) is 2.02. The van der Waals surface area contributed by atoms with Gasteiger partial charge >= 0.3 is 0 Å². The van der Waals surface area contributed by atoms with E-state index < -0.39 is 0 Å². The van der Waals surface area contributed by atoms with E-state index in [-0.39, 0.29) is 5.91 Å². The van der Waals surface area contributed by atoms with Crippen LogP contribution < -0.4 is 5.32 Å². The quantitative estimate of drug-likeness (QED) is 0.815. The number of nitrogens with one attached hydrogen (secondary N) is 1. The molecule has 0 radical (unpaired) electrons. The van der Waals surface area contributed by atoms with E-state index in [0.29, 0.717) is 6.04 Å². The molecule has 98 valence electrons. The third-order valence-corrected chi connectivity index (χ3v) is 4.48. The minimum absolute atomic E-state index is 0.0580. The highest BCUT2D eigenvalue weighted by atomic mass is 79.9. The summed E-state index contributed by atoms with van der Waals surface area (Å²) < 4.78 is 0.996. The Hall–Kier alpha value is -0.830. The van der Waals surface area contributed by atoms with Gasteiger partial charge in [0.15, 0.2) is 0 Å². The zero-order valence-corrected chi connectivity index (χ0v) is 12.4. The van der Waals surface area contributed by atoms with Gasteiger partial charge in [0.05, 0.1) is 0 Å². The van der Waals surface area contributed by atoms with Crippen LogP contribution >= 0.6 is 15.9 Å². The molecule has 3 heteroatoms. The summed E-state index contributed by atoms with van der Waals surface area (Å²) >= 11 is 3.47. The van der Waals surface area contributed by atoms with Crippen LogP contribution in [0.1, 0.15) is 54.4 Å². The van der Waals surface area contributed by atoms with E-state index in [4.69, 9.17) is 0 Å². The van der Waals surface area contributed by atoms with Crippen molar-refractivity contribution in [1.29, 1.82) is 0 Å². The third kappa shape index (κ3) is 3.58. The fourth-order valence-electron chi connectivity index (χ4n) is 2.43. The molecule has 18 heavy (non-hydrogen) atoms. The highest BCUT2D eigenvalue weighted by molar-refractivity contribution is 9.10. The highest BCUT2D eigenvalue weighted by Crippen LogP contribution is 2.20. The van der Waals surface area contributed by atoms with Crippen LogP contribution in [0.15, 0.2) is 22.7 Å². The van der Waals surface area contributed by atoms with Crippen LogP contribution in [0.25, 0.3) is 0 Å². The van der Waals surface area contributed by atoms with E-state index in [0.717, 1.165) is 28.4 Å². The molecule has 2 rings (SSSR count). The molecule has 1 aliphatic carbocycles. The average Bonchev–Trinajstić information content (AvgIpc) is 2.61. The Morgan fingerprint density at radius 3 is 2.50 bits per heavy atom. The monoisotopic (exact) mass is 309 g/mol. The largest absolute Gasteiger partial charge is 0.349 e. The van der Waals surface area contributed by atoms with Crippen LogP contribution in [0, 0.1) is 6.92 Å². The van der Waals surface area contributed by atoms with Gasteiger partial charge in [-0.1, -0.05) is 47.7 Å². The van der Waals surface area contributed by atoms with Gasteiger partial charge < -0.3 is 5.32 Å². The van der Waals surface area contributed by atoms with Gasteiger partial charge in [-0.2, -0.15) is 0 Å². The van der Waals surface area contributed by atoms with Crippen molar-refractivity contribution < 1.29 is 4.79 Å². The molecule has 1 aromatic rings. The molecule has 1 fully saturated rings. The van der Waals surface area contributed by atoms with Gasteiger partial charge in [-0.05, 0) is 37.5 Å². The van der Waals surface area contributed by atoms with Gasteiger partial charge in [0.2, 0.25) is 0 Å². The smallest absolute Gasteiger partial charge is 0.251 e. The molecule has 2 nitrogen and oxygen atoms in total. The van der Waals surface area contributed by atoms with Gasteiger partial charge in [-0.15, -0.1) is 0 Å². The first-order valence-electron chi connectivity index (χ1n) is 6.74. The van der Waals surface area contributed by atoms with E-state index in [1.54, 1.807) is 0 Å². The van der Waals surface area contributed by atoms with Crippen molar-refractivity contribution in [2.45, 2.75) is 51.5 Å². The molecule has 0 aliphatic heterocycles. The highest BCUT2D eigenvalue weighted by Gasteiger charge is 2.15. The lowest BCUT2D eigenvalue weighted by Crippen LogP contribution is -2.34. The van der Waals surface area contributed by atoms with E-state index >= 15 is 0 Å². The number of carbonyl (C=O) groups excluding carboxylic acids is 1. The van der Waals surface area contributed by atoms with Crippen LogP contribution in [0.2, 0.25) is 0 Å². The summed E-state index contributed by atoms with van der Waals surface area (Å²) in [7, 11) is 0. The zero-order chi connectivity index (χ0) is 13.0. The number of hydrogen-bond acceptors (Lipinski definition) is 1. The second-order valence-electron chi connectivity index (χ2n) is 5.13. The first kappa shape index (κ1) is 13.6. The third-order valence-electron chi connectivity index (χ3n) is 3.62. The first-order valence-corrected chi connectivity index (χ1v) is 7.53. The summed E-state index contributed by atoms with van der Waals surface area (Å²) in [5.74, 6) is 0.0580. The number of carbonyl (C=O) groups is 1. The van der Waals surface area contributed by atoms with Crippen molar-refractivity contribution in [3.8, 4) is 0 Å². The summed E-state index contributed by atoms with van der Waals surface area (Å²) in [5, 5.41) is 3.16. The lowest BCUT2D eigenvalue weighted by Gasteiger charge is -2.16. The topological polar surface area (TPSA) is 29.1 Å². The van der Waals surface area contributed by atoms with Crippen molar-refractivity contribution in [3.63, 3.8) is 0 Å². The van der Waals surface area contributed by atoms with Gasteiger partial charge in [0.1, 0.15) is 0 Å². The molecule has 1 aliphatic rings. The number of hydrogen-bond donors (Lipinski definition) is 1. The van der Waals surface area contributed by atoms with Crippen molar-refractivity contribution in [1.82, 2.24) is 5.32 Å². The second kappa shape index (κ2) is 6.37. The van der Waals surface area contributed by atoms with E-state index in [2.05, 4.69) is 21.2 Å². The number of rotatable bonds is 2. The van der Waals surface area contributed by atoms with Crippen LogP contribution in [-0.2, 0) is 0 Å². The lowest BCUT2D eigenvalue weighted by molar-refractivity contribution is 0.0933. The molecule has 0 bridgehead atoms. The molecule has 0 heterocycles. The normalized spacial score (nSPS) is 17.2. The number of amides is 1. The van der Waals surface area contributed by atoms with E-state index in [9.17, 15) is 4.79 Å². The number of aryl methyl sites for hydroxylation is 1. The summed E-state index contributed by atoms with van der Waals surface area (Å²) in [5.41, 5.74) is 1.90.